The topological polar surface area (TPSA) is 68.0 Å². The lowest BCUT2D eigenvalue weighted by Crippen LogP contribution is -2.14. The summed E-state index contributed by atoms with van der Waals surface area (Å²) in [5.41, 5.74) is 1.59. The van der Waals surface area contributed by atoms with Crippen molar-refractivity contribution in [3.05, 3.63) is 58.1 Å². The number of hydrogen-bond donors (Lipinski definition) is 1. The maximum absolute atomic E-state index is 12.2. The number of halogens is 2. The van der Waals surface area contributed by atoms with Crippen LogP contribution in [0.3, 0.4) is 0 Å². The van der Waals surface area contributed by atoms with E-state index in [1.54, 1.807) is 12.1 Å². The smallest absolute Gasteiger partial charge is 0.277 e. The molecule has 0 aliphatic rings. The Labute approximate surface area is 179 Å². The second-order valence-corrected chi connectivity index (χ2v) is 8.70. The minimum absolute atomic E-state index is 0.117. The average molecular weight is 450 g/mol. The molecule has 1 N–H and O–H groups in total. The van der Waals surface area contributed by atoms with Gasteiger partial charge in [0.2, 0.25) is 5.91 Å². The Hall–Kier alpha value is -2.06. The summed E-state index contributed by atoms with van der Waals surface area (Å²) in [6.45, 7) is 1.93. The first kappa shape index (κ1) is 19.3. The number of rotatable bonds is 5. The zero-order valence-electron chi connectivity index (χ0n) is 14.5. The van der Waals surface area contributed by atoms with E-state index in [9.17, 15) is 4.79 Å². The number of carbonyl (C=O) groups excluding carboxylic acids is 1. The van der Waals surface area contributed by atoms with Crippen LogP contribution in [0, 0.1) is 6.92 Å². The van der Waals surface area contributed by atoms with Gasteiger partial charge in [-0.2, -0.15) is 0 Å². The third kappa shape index (κ3) is 4.03. The summed E-state index contributed by atoms with van der Waals surface area (Å²) in [6.07, 6.45) is 0. The summed E-state index contributed by atoms with van der Waals surface area (Å²) in [7, 11) is 0. The van der Waals surface area contributed by atoms with Crippen LogP contribution in [0.25, 0.3) is 20.9 Å². The lowest BCUT2D eigenvalue weighted by Gasteiger charge is -2.06. The van der Waals surface area contributed by atoms with Crippen molar-refractivity contribution in [3.63, 3.8) is 0 Å². The van der Waals surface area contributed by atoms with Crippen molar-refractivity contribution in [3.8, 4) is 10.8 Å². The first-order chi connectivity index (χ1) is 13.5. The van der Waals surface area contributed by atoms with Crippen LogP contribution in [0.4, 0.5) is 5.69 Å². The van der Waals surface area contributed by atoms with Crippen LogP contribution in [0.2, 0.25) is 10.0 Å². The van der Waals surface area contributed by atoms with E-state index < -0.39 is 0 Å². The summed E-state index contributed by atoms with van der Waals surface area (Å²) in [6, 6.07) is 13.3. The van der Waals surface area contributed by atoms with Gasteiger partial charge in [-0.05, 0) is 30.7 Å². The Kier molecular flexibility index (Phi) is 5.59. The third-order valence-corrected chi connectivity index (χ3v) is 6.66. The van der Waals surface area contributed by atoms with Crippen LogP contribution in [-0.2, 0) is 4.79 Å². The van der Waals surface area contributed by atoms with E-state index >= 15 is 0 Å². The van der Waals surface area contributed by atoms with Gasteiger partial charge in [0, 0.05) is 10.1 Å². The Morgan fingerprint density at radius 2 is 2.04 bits per heavy atom. The van der Waals surface area contributed by atoms with Gasteiger partial charge in [0.05, 0.1) is 21.5 Å². The van der Waals surface area contributed by atoms with Gasteiger partial charge in [0.25, 0.3) is 11.1 Å². The van der Waals surface area contributed by atoms with Crippen molar-refractivity contribution in [1.82, 2.24) is 10.2 Å². The van der Waals surface area contributed by atoms with Crippen LogP contribution in [0.15, 0.2) is 52.1 Å². The molecule has 28 heavy (non-hydrogen) atoms. The first-order valence-electron chi connectivity index (χ1n) is 8.21. The van der Waals surface area contributed by atoms with Crippen molar-refractivity contribution in [2.75, 3.05) is 11.1 Å². The molecule has 2 aromatic carbocycles. The fourth-order valence-electron chi connectivity index (χ4n) is 2.55. The molecule has 0 saturated carbocycles. The highest BCUT2D eigenvalue weighted by atomic mass is 35.5. The molecule has 1 amide bonds. The molecule has 0 unspecified atom stereocenters. The largest absolute Gasteiger partial charge is 0.410 e. The van der Waals surface area contributed by atoms with Gasteiger partial charge in [-0.15, -0.1) is 21.5 Å². The van der Waals surface area contributed by atoms with Crippen LogP contribution in [-0.4, -0.2) is 21.9 Å². The van der Waals surface area contributed by atoms with Crippen molar-refractivity contribution < 1.29 is 9.21 Å². The van der Waals surface area contributed by atoms with Gasteiger partial charge in [0.15, 0.2) is 0 Å². The van der Waals surface area contributed by atoms with Gasteiger partial charge in [-0.1, -0.05) is 59.2 Å². The molecule has 0 aliphatic carbocycles. The highest BCUT2D eigenvalue weighted by molar-refractivity contribution is 7.99. The number of amides is 1. The Morgan fingerprint density at radius 1 is 1.21 bits per heavy atom. The van der Waals surface area contributed by atoms with Gasteiger partial charge in [-0.25, -0.2) is 0 Å². The zero-order chi connectivity index (χ0) is 19.7. The predicted molar refractivity (Wildman–Crippen MR) is 116 cm³/mol. The molecule has 2 aromatic heterocycles. The minimum atomic E-state index is -0.213. The lowest BCUT2D eigenvalue weighted by atomic mass is 10.2. The van der Waals surface area contributed by atoms with Gasteiger partial charge in [-0.3, -0.25) is 4.79 Å². The number of nitrogens with zero attached hydrogens (tertiary/aromatic N) is 2. The first-order valence-corrected chi connectivity index (χ1v) is 10.8. The molecule has 142 valence electrons. The van der Waals surface area contributed by atoms with Crippen molar-refractivity contribution in [2.24, 2.45) is 0 Å². The second-order valence-electron chi connectivity index (χ2n) is 5.93. The van der Waals surface area contributed by atoms with Crippen molar-refractivity contribution >= 4 is 68.0 Å². The number of nitrogens with one attached hydrogen (secondary N) is 1. The Bertz CT molecular complexity index is 1170. The summed E-state index contributed by atoms with van der Waals surface area (Å²) in [5, 5.41) is 13.2. The molecule has 0 atom stereocenters. The van der Waals surface area contributed by atoms with E-state index in [1.165, 1.54) is 11.3 Å². The van der Waals surface area contributed by atoms with Crippen molar-refractivity contribution in [1.29, 1.82) is 0 Å². The van der Waals surface area contributed by atoms with E-state index in [0.717, 1.165) is 32.3 Å². The van der Waals surface area contributed by atoms with Crippen LogP contribution in [0.5, 0.6) is 0 Å². The zero-order valence-corrected chi connectivity index (χ0v) is 17.7. The lowest BCUT2D eigenvalue weighted by molar-refractivity contribution is -0.113. The molecule has 0 aliphatic heterocycles. The summed E-state index contributed by atoms with van der Waals surface area (Å²) < 4.78 is 6.73. The van der Waals surface area contributed by atoms with E-state index in [1.807, 2.05) is 37.3 Å². The molecule has 0 fully saturated rings. The predicted octanol–water partition coefficient (Wildman–Crippen LogP) is 6.30. The van der Waals surface area contributed by atoms with Gasteiger partial charge in [0.1, 0.15) is 4.88 Å². The quantitative estimate of drug-likeness (QED) is 0.362. The fraction of sp³-hybridized carbons (Fsp3) is 0.105. The molecule has 9 heteroatoms. The average Bonchev–Trinajstić information content (AvgIpc) is 3.27. The van der Waals surface area contributed by atoms with Gasteiger partial charge >= 0.3 is 0 Å². The van der Waals surface area contributed by atoms with E-state index in [2.05, 4.69) is 15.5 Å². The third-order valence-electron chi connectivity index (χ3n) is 3.86. The Balaban J connectivity index is 1.43. The van der Waals surface area contributed by atoms with E-state index in [4.69, 9.17) is 27.6 Å². The monoisotopic (exact) mass is 449 g/mol. The Morgan fingerprint density at radius 3 is 2.82 bits per heavy atom. The van der Waals surface area contributed by atoms with Crippen LogP contribution >= 0.6 is 46.3 Å². The number of benzene rings is 2. The normalized spacial score (nSPS) is 11.1. The molecule has 0 spiro atoms. The minimum Gasteiger partial charge on any atom is -0.410 e. The van der Waals surface area contributed by atoms with Gasteiger partial charge < -0.3 is 9.73 Å². The fourth-order valence-corrected chi connectivity index (χ4v) is 4.83. The van der Waals surface area contributed by atoms with Crippen molar-refractivity contribution in [2.45, 2.75) is 12.1 Å². The standard InChI is InChI=1S/C19H13Cl2N3O2S2/c1-10-6-7-13(12(20)8-10)22-15(25)9-27-19-24-23-18(26-19)17-16(21)11-4-2-3-5-14(11)28-17/h2-8H,9H2,1H3,(H,22,25). The molecular formula is C19H13Cl2N3O2S2. The summed E-state index contributed by atoms with van der Waals surface area (Å²) >= 11 is 15.2. The number of hydrogen-bond acceptors (Lipinski definition) is 6. The number of aromatic nitrogens is 2. The highest BCUT2D eigenvalue weighted by Gasteiger charge is 2.18. The SMILES string of the molecule is Cc1ccc(NC(=O)CSc2nnc(-c3sc4ccccc4c3Cl)o2)c(Cl)c1. The van der Waals surface area contributed by atoms with Crippen LogP contribution in [0.1, 0.15) is 5.56 Å². The number of fused-ring (bicyclic) bond motifs is 1. The maximum atomic E-state index is 12.2. The molecule has 5 nitrogen and oxygen atoms in total. The molecule has 0 saturated heterocycles. The number of anilines is 1. The molecule has 4 aromatic rings. The molecular weight excluding hydrogens is 437 g/mol. The number of thioether (sulfide) groups is 1. The van der Waals surface area contributed by atoms with E-state index in [0.29, 0.717) is 26.8 Å². The second kappa shape index (κ2) is 8.13. The summed E-state index contributed by atoms with van der Waals surface area (Å²) in [5.74, 6) is 0.248. The number of carbonyl (C=O) groups is 1. The van der Waals surface area contributed by atoms with E-state index in [-0.39, 0.29) is 11.7 Å². The molecule has 2 heterocycles. The van der Waals surface area contributed by atoms with Crippen LogP contribution < -0.4 is 5.32 Å². The number of thiophene rings is 1. The summed E-state index contributed by atoms with van der Waals surface area (Å²) in [4.78, 5) is 12.9. The maximum Gasteiger partial charge on any atom is 0.277 e. The molecule has 4 rings (SSSR count). The highest BCUT2D eigenvalue weighted by Crippen LogP contribution is 2.41. The molecule has 0 radical (unpaired) electrons. The number of aryl methyl sites for hydroxylation is 1. The molecule has 0 bridgehead atoms.